The molecule has 0 radical (unpaired) electrons. The number of nitrogens with zero attached hydrogens (tertiary/aromatic N) is 4. The molecule has 0 aliphatic heterocycles. The Bertz CT molecular complexity index is 3120. The van der Waals surface area contributed by atoms with Crippen molar-refractivity contribution in [2.75, 3.05) is 0 Å². The Hall–Kier alpha value is -6.79. The van der Waals surface area contributed by atoms with Gasteiger partial charge in [0.25, 0.3) is 0 Å². The number of benzene rings is 7. The maximum Gasteiger partial charge on any atom is 0.238 e. The molecule has 0 spiro atoms. The number of hydrogen-bond donors (Lipinski definition) is 0. The summed E-state index contributed by atoms with van der Waals surface area (Å²) in [5.74, 6) is 1.60. The number of para-hydroxylation sites is 3. The fraction of sp³-hybridized carbons (Fsp3) is 0. The number of hydrogen-bond acceptors (Lipinski definition) is 5. The predicted octanol–water partition coefficient (Wildman–Crippen LogP) is 11.3. The molecule has 11 aromatic rings. The molecular weight excluding hydrogens is 604 g/mol. The van der Waals surface area contributed by atoms with Crippen molar-refractivity contribution >= 4 is 76.5 Å². The SMILES string of the molecule is c1ccc(-c2nc(-c3cccc4c3oc3ccc5ccccc5c34)nc(-n3c4ccccc4c4ccc5c6ccccc6oc5c43)n2)cc1. The summed E-state index contributed by atoms with van der Waals surface area (Å²) in [6.07, 6.45) is 0. The molecule has 0 fully saturated rings. The van der Waals surface area contributed by atoms with Gasteiger partial charge in [-0.05, 0) is 41.1 Å². The summed E-state index contributed by atoms with van der Waals surface area (Å²) in [5.41, 5.74) is 6.80. The Balaban J connectivity index is 1.26. The fourth-order valence-corrected chi connectivity index (χ4v) is 7.48. The topological polar surface area (TPSA) is 69.9 Å². The van der Waals surface area contributed by atoms with Crippen molar-refractivity contribution < 1.29 is 8.83 Å². The van der Waals surface area contributed by atoms with Crippen LogP contribution in [0.15, 0.2) is 154 Å². The first kappa shape index (κ1) is 26.3. The number of rotatable bonds is 3. The number of fused-ring (bicyclic) bond motifs is 12. The third-order valence-corrected chi connectivity index (χ3v) is 9.66. The van der Waals surface area contributed by atoms with Crippen molar-refractivity contribution in [1.29, 1.82) is 0 Å². The first-order valence-electron chi connectivity index (χ1n) is 16.3. The normalized spacial score (nSPS) is 12.1. The number of aromatic nitrogens is 4. The molecule has 4 heterocycles. The zero-order chi connectivity index (χ0) is 32.1. The lowest BCUT2D eigenvalue weighted by Crippen LogP contribution is -2.06. The van der Waals surface area contributed by atoms with Gasteiger partial charge in [0.1, 0.15) is 22.3 Å². The Kier molecular flexibility index (Phi) is 5.29. The van der Waals surface area contributed by atoms with Gasteiger partial charge < -0.3 is 8.83 Å². The molecule has 0 N–H and O–H groups in total. The molecule has 0 atom stereocenters. The van der Waals surface area contributed by atoms with Crippen LogP contribution in [0.4, 0.5) is 0 Å². The van der Waals surface area contributed by atoms with Crippen LogP contribution in [0.3, 0.4) is 0 Å². The molecule has 11 rings (SSSR count). The van der Waals surface area contributed by atoms with Crippen LogP contribution in [0.2, 0.25) is 0 Å². The highest BCUT2D eigenvalue weighted by Gasteiger charge is 2.23. The minimum Gasteiger partial charge on any atom is -0.455 e. The molecule has 0 amide bonds. The van der Waals surface area contributed by atoms with Crippen molar-refractivity contribution in [2.45, 2.75) is 0 Å². The lowest BCUT2D eigenvalue weighted by Gasteiger charge is -2.11. The Morgan fingerprint density at radius 1 is 0.429 bits per heavy atom. The highest BCUT2D eigenvalue weighted by Crippen LogP contribution is 2.41. The zero-order valence-electron chi connectivity index (χ0n) is 26.0. The second kappa shape index (κ2) is 9.86. The quantitative estimate of drug-likeness (QED) is 0.195. The van der Waals surface area contributed by atoms with E-state index in [2.05, 4.69) is 83.4 Å². The molecule has 0 unspecified atom stereocenters. The number of furan rings is 2. The van der Waals surface area contributed by atoms with E-state index in [1.54, 1.807) is 0 Å². The molecule has 0 aliphatic carbocycles. The van der Waals surface area contributed by atoms with Crippen LogP contribution < -0.4 is 0 Å². The zero-order valence-corrected chi connectivity index (χ0v) is 26.0. The Labute approximate surface area is 278 Å². The highest BCUT2D eigenvalue weighted by atomic mass is 16.3. The van der Waals surface area contributed by atoms with E-state index in [9.17, 15) is 0 Å². The van der Waals surface area contributed by atoms with Gasteiger partial charge in [-0.25, -0.2) is 4.98 Å². The summed E-state index contributed by atoms with van der Waals surface area (Å²) in [6.45, 7) is 0. The van der Waals surface area contributed by atoms with E-state index >= 15 is 0 Å². The first-order valence-corrected chi connectivity index (χ1v) is 16.3. The standard InChI is InChI=1S/C43H24N4O2/c1-2-12-26(13-3-1)41-44-42(33-18-10-17-32-37-27-14-5-4-11-25(27)21-24-36(37)49-39(32)33)46-43(45-41)47-34-19-8-6-15-28(34)30-22-23-31-29-16-7-9-20-35(29)48-40(31)38(30)47/h1-24H. The van der Waals surface area contributed by atoms with Crippen LogP contribution in [0.1, 0.15) is 0 Å². The lowest BCUT2D eigenvalue weighted by molar-refractivity contribution is 0.669. The summed E-state index contributed by atoms with van der Waals surface area (Å²) in [6, 6.07) is 49.7. The van der Waals surface area contributed by atoms with Crippen LogP contribution in [-0.2, 0) is 0 Å². The van der Waals surface area contributed by atoms with Crippen molar-refractivity contribution in [3.05, 3.63) is 146 Å². The van der Waals surface area contributed by atoms with Crippen LogP contribution in [0, 0.1) is 0 Å². The average Bonchev–Trinajstić information content (AvgIpc) is 3.85. The van der Waals surface area contributed by atoms with Gasteiger partial charge >= 0.3 is 0 Å². The summed E-state index contributed by atoms with van der Waals surface area (Å²) in [7, 11) is 0. The van der Waals surface area contributed by atoms with Gasteiger partial charge in [-0.1, -0.05) is 115 Å². The summed E-state index contributed by atoms with van der Waals surface area (Å²) in [4.78, 5) is 15.5. The molecule has 0 saturated carbocycles. The van der Waals surface area contributed by atoms with E-state index in [1.165, 1.54) is 5.39 Å². The maximum absolute atomic E-state index is 6.63. The van der Waals surface area contributed by atoms with Crippen molar-refractivity contribution in [1.82, 2.24) is 19.5 Å². The third-order valence-electron chi connectivity index (χ3n) is 9.66. The smallest absolute Gasteiger partial charge is 0.238 e. The minimum absolute atomic E-state index is 0.501. The van der Waals surface area contributed by atoms with Gasteiger partial charge in [-0.3, -0.25) is 4.57 Å². The molecule has 228 valence electrons. The van der Waals surface area contributed by atoms with Gasteiger partial charge in [0.05, 0.1) is 11.1 Å². The van der Waals surface area contributed by atoms with E-state index in [-0.39, 0.29) is 0 Å². The molecule has 0 saturated heterocycles. The largest absolute Gasteiger partial charge is 0.455 e. The fourth-order valence-electron chi connectivity index (χ4n) is 7.48. The van der Waals surface area contributed by atoms with Crippen molar-refractivity contribution in [3.63, 3.8) is 0 Å². The summed E-state index contributed by atoms with van der Waals surface area (Å²) >= 11 is 0. The highest BCUT2D eigenvalue weighted by molar-refractivity contribution is 6.22. The van der Waals surface area contributed by atoms with E-state index in [4.69, 9.17) is 23.8 Å². The van der Waals surface area contributed by atoms with E-state index in [1.807, 2.05) is 66.7 Å². The minimum atomic E-state index is 0.501. The van der Waals surface area contributed by atoms with Crippen LogP contribution >= 0.6 is 0 Å². The molecular formula is C43H24N4O2. The Morgan fingerprint density at radius 3 is 2.06 bits per heavy atom. The van der Waals surface area contributed by atoms with Gasteiger partial charge in [-0.15, -0.1) is 0 Å². The van der Waals surface area contributed by atoms with Gasteiger partial charge in [0.2, 0.25) is 5.95 Å². The molecule has 6 nitrogen and oxygen atoms in total. The second-order valence-corrected chi connectivity index (χ2v) is 12.4. The molecule has 49 heavy (non-hydrogen) atoms. The van der Waals surface area contributed by atoms with E-state index in [0.29, 0.717) is 17.6 Å². The molecule has 0 aliphatic rings. The van der Waals surface area contributed by atoms with Gasteiger partial charge in [0, 0.05) is 37.9 Å². The molecule has 6 heteroatoms. The molecule has 4 aromatic heterocycles. The monoisotopic (exact) mass is 628 g/mol. The van der Waals surface area contributed by atoms with Crippen LogP contribution in [0.5, 0.6) is 0 Å². The third kappa shape index (κ3) is 3.74. The maximum atomic E-state index is 6.63. The van der Waals surface area contributed by atoms with Crippen molar-refractivity contribution in [2.24, 2.45) is 0 Å². The lowest BCUT2D eigenvalue weighted by atomic mass is 10.0. The summed E-state index contributed by atoms with van der Waals surface area (Å²) < 4.78 is 15.4. The molecule has 7 aromatic carbocycles. The van der Waals surface area contributed by atoms with E-state index < -0.39 is 0 Å². The van der Waals surface area contributed by atoms with Crippen molar-refractivity contribution in [3.8, 4) is 28.7 Å². The van der Waals surface area contributed by atoms with Crippen LogP contribution in [-0.4, -0.2) is 19.5 Å². The first-order chi connectivity index (χ1) is 24.3. The van der Waals surface area contributed by atoms with Gasteiger partial charge in [0.15, 0.2) is 17.2 Å². The Morgan fingerprint density at radius 2 is 1.14 bits per heavy atom. The van der Waals surface area contributed by atoms with Crippen LogP contribution in [0.25, 0.3) is 105 Å². The second-order valence-electron chi connectivity index (χ2n) is 12.4. The predicted molar refractivity (Wildman–Crippen MR) is 197 cm³/mol. The molecule has 0 bridgehead atoms. The van der Waals surface area contributed by atoms with Gasteiger partial charge in [-0.2, -0.15) is 9.97 Å². The summed E-state index contributed by atoms with van der Waals surface area (Å²) in [5, 5.41) is 8.70. The average molecular weight is 629 g/mol. The van der Waals surface area contributed by atoms with E-state index in [0.717, 1.165) is 82.2 Å².